The summed E-state index contributed by atoms with van der Waals surface area (Å²) in [5.74, 6) is 0.931. The van der Waals surface area contributed by atoms with Crippen molar-refractivity contribution in [2.45, 2.75) is 51.9 Å². The Bertz CT molecular complexity index is 249. The minimum absolute atomic E-state index is 0.931. The molecule has 16 heavy (non-hydrogen) atoms. The molecule has 0 spiro atoms. The minimum atomic E-state index is 0.931. The third-order valence-corrected chi connectivity index (χ3v) is 2.67. The molecule has 0 aromatic carbocycles. The first-order valence-corrected chi connectivity index (χ1v) is 6.43. The predicted octanol–water partition coefficient (Wildman–Crippen LogP) is 3.64. The average Bonchev–Trinajstić information content (AvgIpc) is 2.34. The van der Waals surface area contributed by atoms with Gasteiger partial charge in [0.25, 0.3) is 0 Å². The zero-order chi connectivity index (χ0) is 11.5. The van der Waals surface area contributed by atoms with E-state index >= 15 is 0 Å². The molecule has 0 amide bonds. The van der Waals surface area contributed by atoms with Crippen molar-refractivity contribution in [2.24, 2.45) is 0 Å². The highest BCUT2D eigenvalue weighted by Crippen LogP contribution is 2.07. The van der Waals surface area contributed by atoms with Crippen molar-refractivity contribution in [1.29, 1.82) is 0 Å². The zero-order valence-corrected chi connectivity index (χ0v) is 10.3. The van der Waals surface area contributed by atoms with Crippen LogP contribution in [-0.2, 0) is 0 Å². The molecule has 90 valence electrons. The molecule has 0 fully saturated rings. The van der Waals surface area contributed by atoms with Gasteiger partial charge in [-0.25, -0.2) is 9.97 Å². The van der Waals surface area contributed by atoms with Crippen molar-refractivity contribution < 1.29 is 0 Å². The van der Waals surface area contributed by atoms with Crippen LogP contribution in [-0.4, -0.2) is 16.5 Å². The summed E-state index contributed by atoms with van der Waals surface area (Å²) < 4.78 is 0. The van der Waals surface area contributed by atoms with Crippen LogP contribution in [0.4, 0.5) is 5.82 Å². The molecule has 1 rings (SSSR count). The van der Waals surface area contributed by atoms with Gasteiger partial charge in [-0.3, -0.25) is 0 Å². The number of nitrogens with zero attached hydrogens (tertiary/aromatic N) is 2. The van der Waals surface area contributed by atoms with Gasteiger partial charge in [-0.05, 0) is 12.5 Å². The molecule has 0 aliphatic heterocycles. The maximum absolute atomic E-state index is 4.11. The molecule has 0 aliphatic carbocycles. The summed E-state index contributed by atoms with van der Waals surface area (Å²) in [7, 11) is 0. The maximum Gasteiger partial charge on any atom is 0.129 e. The fourth-order valence-corrected chi connectivity index (χ4v) is 1.69. The largest absolute Gasteiger partial charge is 0.370 e. The van der Waals surface area contributed by atoms with Crippen molar-refractivity contribution in [3.05, 3.63) is 18.6 Å². The predicted molar refractivity (Wildman–Crippen MR) is 68.5 cm³/mol. The molecule has 1 heterocycles. The number of hydrogen-bond donors (Lipinski definition) is 1. The van der Waals surface area contributed by atoms with Gasteiger partial charge in [-0.1, -0.05) is 45.4 Å². The van der Waals surface area contributed by atoms with Gasteiger partial charge in [0, 0.05) is 12.7 Å². The summed E-state index contributed by atoms with van der Waals surface area (Å²) in [4.78, 5) is 8.00. The van der Waals surface area contributed by atoms with Crippen molar-refractivity contribution in [3.8, 4) is 0 Å². The van der Waals surface area contributed by atoms with Gasteiger partial charge in [-0.15, -0.1) is 0 Å². The van der Waals surface area contributed by atoms with Crippen LogP contribution in [0.2, 0.25) is 0 Å². The quantitative estimate of drug-likeness (QED) is 0.647. The van der Waals surface area contributed by atoms with E-state index in [1.807, 2.05) is 6.07 Å². The van der Waals surface area contributed by atoms with E-state index in [-0.39, 0.29) is 0 Å². The second-order valence-corrected chi connectivity index (χ2v) is 4.14. The summed E-state index contributed by atoms with van der Waals surface area (Å²) in [6.45, 7) is 3.27. The van der Waals surface area contributed by atoms with E-state index in [2.05, 4.69) is 22.2 Å². The van der Waals surface area contributed by atoms with Crippen LogP contribution < -0.4 is 5.32 Å². The summed E-state index contributed by atoms with van der Waals surface area (Å²) >= 11 is 0. The summed E-state index contributed by atoms with van der Waals surface area (Å²) in [6.07, 6.45) is 12.8. The van der Waals surface area contributed by atoms with Crippen LogP contribution >= 0.6 is 0 Å². The molecule has 1 N–H and O–H groups in total. The van der Waals surface area contributed by atoms with E-state index in [4.69, 9.17) is 0 Å². The second kappa shape index (κ2) is 9.13. The van der Waals surface area contributed by atoms with Crippen molar-refractivity contribution in [2.75, 3.05) is 11.9 Å². The minimum Gasteiger partial charge on any atom is -0.370 e. The molecule has 0 aliphatic rings. The molecule has 0 atom stereocenters. The Kier molecular flexibility index (Phi) is 7.39. The lowest BCUT2D eigenvalue weighted by molar-refractivity contribution is 0.596. The first kappa shape index (κ1) is 12.9. The summed E-state index contributed by atoms with van der Waals surface area (Å²) in [5, 5.41) is 3.30. The van der Waals surface area contributed by atoms with Crippen molar-refractivity contribution in [3.63, 3.8) is 0 Å². The Morgan fingerprint density at radius 1 is 1.06 bits per heavy atom. The number of aromatic nitrogens is 2. The van der Waals surface area contributed by atoms with Gasteiger partial charge in [0.1, 0.15) is 12.1 Å². The Balaban J connectivity index is 1.89. The van der Waals surface area contributed by atoms with Gasteiger partial charge in [0.15, 0.2) is 0 Å². The third kappa shape index (κ3) is 6.38. The van der Waals surface area contributed by atoms with Gasteiger partial charge in [0.2, 0.25) is 0 Å². The molecule has 3 nitrogen and oxygen atoms in total. The van der Waals surface area contributed by atoms with E-state index in [9.17, 15) is 0 Å². The molecule has 1 aromatic heterocycles. The van der Waals surface area contributed by atoms with Crippen LogP contribution in [0.1, 0.15) is 51.9 Å². The van der Waals surface area contributed by atoms with Crippen LogP contribution in [0, 0.1) is 0 Å². The molecular weight excluding hydrogens is 198 g/mol. The van der Waals surface area contributed by atoms with Crippen LogP contribution in [0.3, 0.4) is 0 Å². The van der Waals surface area contributed by atoms with E-state index in [1.165, 1.54) is 44.9 Å². The third-order valence-electron chi connectivity index (χ3n) is 2.67. The molecule has 1 aromatic rings. The Hall–Kier alpha value is -1.12. The Morgan fingerprint density at radius 3 is 2.50 bits per heavy atom. The lowest BCUT2D eigenvalue weighted by atomic mass is 10.1. The number of nitrogens with one attached hydrogen (secondary N) is 1. The number of anilines is 1. The molecule has 0 unspecified atom stereocenters. The maximum atomic E-state index is 4.11. The molecule has 3 heteroatoms. The number of hydrogen-bond acceptors (Lipinski definition) is 3. The number of rotatable bonds is 9. The van der Waals surface area contributed by atoms with Crippen LogP contribution in [0.25, 0.3) is 0 Å². The lowest BCUT2D eigenvalue weighted by Crippen LogP contribution is -2.02. The van der Waals surface area contributed by atoms with Crippen LogP contribution in [0.15, 0.2) is 18.6 Å². The van der Waals surface area contributed by atoms with E-state index < -0.39 is 0 Å². The number of unbranched alkanes of at least 4 members (excludes halogenated alkanes) is 6. The molecule has 0 bridgehead atoms. The second-order valence-electron chi connectivity index (χ2n) is 4.14. The van der Waals surface area contributed by atoms with Crippen molar-refractivity contribution in [1.82, 2.24) is 9.97 Å². The molecule has 0 saturated carbocycles. The van der Waals surface area contributed by atoms with Crippen LogP contribution in [0.5, 0.6) is 0 Å². The van der Waals surface area contributed by atoms with Gasteiger partial charge in [0.05, 0.1) is 0 Å². The van der Waals surface area contributed by atoms with E-state index in [0.29, 0.717) is 0 Å². The van der Waals surface area contributed by atoms with Gasteiger partial charge in [-0.2, -0.15) is 0 Å². The fourth-order valence-electron chi connectivity index (χ4n) is 1.69. The average molecular weight is 221 g/mol. The van der Waals surface area contributed by atoms with E-state index in [1.54, 1.807) is 12.5 Å². The summed E-state index contributed by atoms with van der Waals surface area (Å²) in [5.41, 5.74) is 0. The van der Waals surface area contributed by atoms with Crippen molar-refractivity contribution >= 4 is 5.82 Å². The monoisotopic (exact) mass is 221 g/mol. The Morgan fingerprint density at radius 2 is 1.81 bits per heavy atom. The first-order valence-electron chi connectivity index (χ1n) is 6.43. The summed E-state index contributed by atoms with van der Waals surface area (Å²) in [6, 6.07) is 1.90. The standard InChI is InChI=1S/C13H23N3/c1-2-3-4-5-6-7-8-10-15-13-9-11-14-12-16-13/h9,11-12H,2-8,10H2,1H3,(H,14,15,16). The van der Waals surface area contributed by atoms with Gasteiger partial charge >= 0.3 is 0 Å². The first-order chi connectivity index (χ1) is 7.93. The molecule has 0 radical (unpaired) electrons. The normalized spacial score (nSPS) is 10.3. The molecule has 0 saturated heterocycles. The topological polar surface area (TPSA) is 37.8 Å². The molecular formula is C13H23N3. The van der Waals surface area contributed by atoms with Gasteiger partial charge < -0.3 is 5.32 Å². The van der Waals surface area contributed by atoms with E-state index in [0.717, 1.165) is 12.4 Å². The fraction of sp³-hybridized carbons (Fsp3) is 0.692. The smallest absolute Gasteiger partial charge is 0.129 e. The highest BCUT2D eigenvalue weighted by molar-refractivity contribution is 5.30. The lowest BCUT2D eigenvalue weighted by Gasteiger charge is -2.04. The highest BCUT2D eigenvalue weighted by atomic mass is 15.0. The highest BCUT2D eigenvalue weighted by Gasteiger charge is 1.92. The SMILES string of the molecule is CCCCCCCCCNc1ccncn1. The Labute approximate surface area is 98.7 Å². The zero-order valence-electron chi connectivity index (χ0n) is 10.3.